The molecule has 4 nitrogen and oxygen atoms in total. The molecule has 3 rings (SSSR count). The molecule has 0 aromatic heterocycles. The Balaban J connectivity index is 1.74. The number of benzene rings is 2. The quantitative estimate of drug-likeness (QED) is 0.824. The number of rotatable bonds is 5. The number of amides is 1. The molecule has 1 amide bonds. The Morgan fingerprint density at radius 3 is 2.50 bits per heavy atom. The Morgan fingerprint density at radius 1 is 1.08 bits per heavy atom. The Morgan fingerprint density at radius 2 is 1.81 bits per heavy atom. The summed E-state index contributed by atoms with van der Waals surface area (Å²) in [5, 5.41) is 4.22. The van der Waals surface area contributed by atoms with E-state index in [-0.39, 0.29) is 12.3 Å². The van der Waals surface area contributed by atoms with Crippen LogP contribution in [-0.2, 0) is 11.2 Å². The van der Waals surface area contributed by atoms with E-state index < -0.39 is 0 Å². The SMILES string of the molecule is CCN1CCN(c2ccc(Cl)cc2NC(=O)Cc2ccccc2Cl)CC1. The van der Waals surface area contributed by atoms with Crippen LogP contribution in [0.5, 0.6) is 0 Å². The third kappa shape index (κ3) is 4.70. The van der Waals surface area contributed by atoms with Gasteiger partial charge in [-0.25, -0.2) is 0 Å². The van der Waals surface area contributed by atoms with Gasteiger partial charge >= 0.3 is 0 Å². The predicted octanol–water partition coefficient (Wildman–Crippen LogP) is 4.32. The highest BCUT2D eigenvalue weighted by molar-refractivity contribution is 6.31. The first kappa shape index (κ1) is 19.0. The van der Waals surface area contributed by atoms with Gasteiger partial charge in [-0.05, 0) is 36.4 Å². The van der Waals surface area contributed by atoms with Crippen LogP contribution < -0.4 is 10.2 Å². The highest BCUT2D eigenvalue weighted by Gasteiger charge is 2.19. The largest absolute Gasteiger partial charge is 0.367 e. The van der Waals surface area contributed by atoms with Crippen LogP contribution in [0, 0.1) is 0 Å². The van der Waals surface area contributed by atoms with E-state index in [4.69, 9.17) is 23.2 Å². The lowest BCUT2D eigenvalue weighted by Gasteiger charge is -2.36. The standard InChI is InChI=1S/C20H23Cl2N3O/c1-2-24-9-11-25(12-10-24)19-8-7-16(21)14-18(19)23-20(26)13-15-5-3-4-6-17(15)22/h3-8,14H,2,9-13H2,1H3,(H,23,26). The fraction of sp³-hybridized carbons (Fsp3) is 0.350. The number of halogens is 2. The second-order valence-corrected chi connectivity index (χ2v) is 7.24. The summed E-state index contributed by atoms with van der Waals surface area (Å²) < 4.78 is 0. The number of nitrogens with one attached hydrogen (secondary N) is 1. The number of nitrogens with zero attached hydrogens (tertiary/aromatic N) is 2. The van der Waals surface area contributed by atoms with Gasteiger partial charge in [0.25, 0.3) is 0 Å². The van der Waals surface area contributed by atoms with Crippen molar-refractivity contribution in [2.75, 3.05) is 42.9 Å². The van der Waals surface area contributed by atoms with Crippen LogP contribution in [0.25, 0.3) is 0 Å². The highest BCUT2D eigenvalue weighted by atomic mass is 35.5. The van der Waals surface area contributed by atoms with Crippen molar-refractivity contribution in [2.24, 2.45) is 0 Å². The molecule has 138 valence electrons. The zero-order valence-electron chi connectivity index (χ0n) is 14.8. The van der Waals surface area contributed by atoms with Crippen LogP contribution in [0.2, 0.25) is 10.0 Å². The van der Waals surface area contributed by atoms with Crippen LogP contribution >= 0.6 is 23.2 Å². The van der Waals surface area contributed by atoms with Crippen molar-refractivity contribution in [1.82, 2.24) is 4.90 Å². The van der Waals surface area contributed by atoms with Crippen LogP contribution in [0.1, 0.15) is 12.5 Å². The molecule has 0 spiro atoms. The van der Waals surface area contributed by atoms with Gasteiger partial charge in [0.05, 0.1) is 17.8 Å². The minimum atomic E-state index is -0.103. The third-order valence-corrected chi connectivity index (χ3v) is 5.31. The van der Waals surface area contributed by atoms with Crippen molar-refractivity contribution in [3.05, 3.63) is 58.1 Å². The average molecular weight is 392 g/mol. The predicted molar refractivity (Wildman–Crippen MR) is 110 cm³/mol. The van der Waals surface area contributed by atoms with Crippen molar-refractivity contribution in [1.29, 1.82) is 0 Å². The molecule has 1 N–H and O–H groups in total. The number of likely N-dealkylation sites (N-methyl/N-ethyl adjacent to an activating group) is 1. The summed E-state index contributed by atoms with van der Waals surface area (Å²) in [4.78, 5) is 17.3. The fourth-order valence-corrected chi connectivity index (χ4v) is 3.57. The molecule has 0 atom stereocenters. The summed E-state index contributed by atoms with van der Waals surface area (Å²) >= 11 is 12.3. The lowest BCUT2D eigenvalue weighted by molar-refractivity contribution is -0.115. The summed E-state index contributed by atoms with van der Waals surface area (Å²) in [6, 6.07) is 13.1. The molecule has 0 radical (unpaired) electrons. The molecule has 0 bridgehead atoms. The molecule has 26 heavy (non-hydrogen) atoms. The lowest BCUT2D eigenvalue weighted by atomic mass is 10.1. The Kier molecular flexibility index (Phi) is 6.41. The number of carbonyl (C=O) groups is 1. The molecule has 1 fully saturated rings. The molecule has 0 unspecified atom stereocenters. The Labute approximate surface area is 164 Å². The summed E-state index contributed by atoms with van der Waals surface area (Å²) in [6.07, 6.45) is 0.231. The van der Waals surface area contributed by atoms with Gasteiger partial charge in [0, 0.05) is 36.2 Å². The molecular formula is C20H23Cl2N3O. The van der Waals surface area contributed by atoms with E-state index in [2.05, 4.69) is 22.0 Å². The van der Waals surface area contributed by atoms with E-state index in [9.17, 15) is 4.79 Å². The van der Waals surface area contributed by atoms with Crippen LogP contribution in [0.4, 0.5) is 11.4 Å². The molecule has 0 aliphatic carbocycles. The average Bonchev–Trinajstić information content (AvgIpc) is 2.64. The minimum Gasteiger partial charge on any atom is -0.367 e. The van der Waals surface area contributed by atoms with E-state index >= 15 is 0 Å². The van der Waals surface area contributed by atoms with Crippen molar-refractivity contribution in [2.45, 2.75) is 13.3 Å². The van der Waals surface area contributed by atoms with E-state index in [1.165, 1.54) is 0 Å². The lowest BCUT2D eigenvalue weighted by Crippen LogP contribution is -2.46. The van der Waals surface area contributed by atoms with Crippen LogP contribution in [-0.4, -0.2) is 43.5 Å². The number of carbonyl (C=O) groups excluding carboxylic acids is 1. The Bertz CT molecular complexity index is 773. The first-order valence-corrected chi connectivity index (χ1v) is 9.62. The monoisotopic (exact) mass is 391 g/mol. The van der Waals surface area contributed by atoms with Crippen molar-refractivity contribution < 1.29 is 4.79 Å². The number of hydrogen-bond acceptors (Lipinski definition) is 3. The highest BCUT2D eigenvalue weighted by Crippen LogP contribution is 2.30. The van der Waals surface area contributed by atoms with Gasteiger partial charge < -0.3 is 15.1 Å². The maximum Gasteiger partial charge on any atom is 0.228 e. The van der Waals surface area contributed by atoms with Crippen molar-refractivity contribution in [3.8, 4) is 0 Å². The van der Waals surface area contributed by atoms with Gasteiger partial charge in [-0.1, -0.05) is 48.3 Å². The molecule has 1 saturated heterocycles. The van der Waals surface area contributed by atoms with Crippen LogP contribution in [0.3, 0.4) is 0 Å². The van der Waals surface area contributed by atoms with Gasteiger partial charge in [0.15, 0.2) is 0 Å². The summed E-state index contributed by atoms with van der Waals surface area (Å²) in [6.45, 7) is 7.15. The van der Waals surface area contributed by atoms with Crippen molar-refractivity contribution >= 4 is 40.5 Å². The first-order chi connectivity index (χ1) is 12.6. The van der Waals surface area contributed by atoms with E-state index in [0.29, 0.717) is 10.0 Å². The molecule has 2 aromatic carbocycles. The number of piperazine rings is 1. The van der Waals surface area contributed by atoms with Crippen molar-refractivity contribution in [3.63, 3.8) is 0 Å². The fourth-order valence-electron chi connectivity index (χ4n) is 3.20. The third-order valence-electron chi connectivity index (χ3n) is 4.70. The number of hydrogen-bond donors (Lipinski definition) is 1. The molecular weight excluding hydrogens is 369 g/mol. The molecule has 1 heterocycles. The molecule has 1 aliphatic heterocycles. The van der Waals surface area contributed by atoms with E-state index in [0.717, 1.165) is 49.7 Å². The summed E-state index contributed by atoms with van der Waals surface area (Å²) in [5.41, 5.74) is 2.57. The minimum absolute atomic E-state index is 0.103. The molecule has 6 heteroatoms. The summed E-state index contributed by atoms with van der Waals surface area (Å²) in [5.74, 6) is -0.103. The van der Waals surface area contributed by atoms with E-state index in [1.54, 1.807) is 6.07 Å². The summed E-state index contributed by atoms with van der Waals surface area (Å²) in [7, 11) is 0. The second kappa shape index (κ2) is 8.76. The van der Waals surface area contributed by atoms with Crippen LogP contribution in [0.15, 0.2) is 42.5 Å². The topological polar surface area (TPSA) is 35.6 Å². The second-order valence-electron chi connectivity index (χ2n) is 6.40. The van der Waals surface area contributed by atoms with E-state index in [1.807, 2.05) is 36.4 Å². The molecule has 0 saturated carbocycles. The molecule has 1 aliphatic rings. The Hall–Kier alpha value is -1.75. The maximum atomic E-state index is 12.5. The van der Waals surface area contributed by atoms with Gasteiger partial charge in [-0.15, -0.1) is 0 Å². The first-order valence-electron chi connectivity index (χ1n) is 8.87. The zero-order valence-corrected chi connectivity index (χ0v) is 16.4. The molecule has 2 aromatic rings. The normalized spacial score (nSPS) is 15.1. The van der Waals surface area contributed by atoms with Gasteiger partial charge in [-0.3, -0.25) is 4.79 Å². The van der Waals surface area contributed by atoms with Gasteiger partial charge in [-0.2, -0.15) is 0 Å². The number of anilines is 2. The zero-order chi connectivity index (χ0) is 18.5. The smallest absolute Gasteiger partial charge is 0.228 e. The van der Waals surface area contributed by atoms with Gasteiger partial charge in [0.1, 0.15) is 0 Å². The van der Waals surface area contributed by atoms with Gasteiger partial charge in [0.2, 0.25) is 5.91 Å². The maximum absolute atomic E-state index is 12.5.